The maximum Gasteiger partial charge on any atom is 0.319 e. The van der Waals surface area contributed by atoms with Gasteiger partial charge in [0.15, 0.2) is 5.82 Å². The number of carbonyl (C=O) groups excluding carboxylic acids is 1. The Morgan fingerprint density at radius 3 is 2.71 bits per heavy atom. The van der Waals surface area contributed by atoms with Crippen molar-refractivity contribution in [3.05, 3.63) is 65.6 Å². The Bertz CT molecular complexity index is 2020. The van der Waals surface area contributed by atoms with Crippen LogP contribution in [0.5, 0.6) is 6.01 Å². The van der Waals surface area contributed by atoms with Crippen LogP contribution in [0.15, 0.2) is 54.7 Å². The van der Waals surface area contributed by atoms with E-state index in [0.29, 0.717) is 66.3 Å². The van der Waals surface area contributed by atoms with Crippen LogP contribution in [0.25, 0.3) is 32.9 Å². The van der Waals surface area contributed by atoms with E-state index in [1.165, 1.54) is 0 Å². The molecule has 5 aliphatic rings. The Labute approximate surface area is 300 Å². The number of morpholine rings is 1. The molecule has 0 radical (unpaired) electrons. The van der Waals surface area contributed by atoms with Gasteiger partial charge in [-0.1, -0.05) is 48.0 Å². The Hall–Kier alpha value is -3.97. The molecule has 13 heteroatoms. The molecule has 5 fully saturated rings. The third kappa shape index (κ3) is 5.90. The standard InChI is InChI=1S/C38H40ClF2N7O3/c39-29-8-2-6-25-5-1-7-27(31(25)29)33-32(41)34-28(18-42-33)35(44-36(43-34)51-24-38-10-4-12-48(38)19-26(40)17-38)47-22-37(23-47)20-46(21-37)30(49)9-3-11-45-13-15-50-16-14-45/h1-3,5-9,18,26H,4,10-17,19-24H2/b9-3+/t26-,38+/m1/s1. The molecular weight excluding hydrogens is 676 g/mol. The van der Waals surface area contributed by atoms with Crippen molar-refractivity contribution in [3.8, 4) is 17.3 Å². The molecule has 9 rings (SSSR count). The first-order chi connectivity index (χ1) is 24.8. The van der Waals surface area contributed by atoms with Gasteiger partial charge in [-0.2, -0.15) is 9.97 Å². The highest BCUT2D eigenvalue weighted by molar-refractivity contribution is 6.36. The van der Waals surface area contributed by atoms with Gasteiger partial charge < -0.3 is 19.3 Å². The van der Waals surface area contributed by atoms with Crippen molar-refractivity contribution in [1.29, 1.82) is 0 Å². The van der Waals surface area contributed by atoms with E-state index < -0.39 is 17.5 Å². The van der Waals surface area contributed by atoms with Gasteiger partial charge in [-0.3, -0.25) is 19.6 Å². The molecule has 4 aromatic rings. The van der Waals surface area contributed by atoms with Gasteiger partial charge in [-0.05, 0) is 30.8 Å². The average molecular weight is 716 g/mol. The van der Waals surface area contributed by atoms with Crippen LogP contribution >= 0.6 is 11.6 Å². The number of likely N-dealkylation sites (tertiary alicyclic amines) is 1. The number of rotatable bonds is 8. The lowest BCUT2D eigenvalue weighted by Crippen LogP contribution is -2.73. The van der Waals surface area contributed by atoms with E-state index in [4.69, 9.17) is 26.1 Å². The summed E-state index contributed by atoms with van der Waals surface area (Å²) in [5.74, 6) is -0.0239. The Morgan fingerprint density at radius 1 is 1.08 bits per heavy atom. The second-order valence-electron chi connectivity index (χ2n) is 14.9. The van der Waals surface area contributed by atoms with Gasteiger partial charge in [-0.25, -0.2) is 8.78 Å². The number of carbonyl (C=O) groups is 1. The SMILES string of the molecule is O=C(/C=C/CN1CCOCC1)N1CC2(C1)CN(c1nc(OC[C@@]34CCCN3C[C@H](F)C4)nc3c(F)c(-c4cccc5cccc(Cl)c45)ncc13)C2. The molecule has 0 N–H and O–H groups in total. The number of amides is 1. The Morgan fingerprint density at radius 2 is 1.88 bits per heavy atom. The molecular formula is C38H40ClF2N7O3. The molecule has 10 nitrogen and oxygen atoms in total. The topological polar surface area (TPSA) is 87.2 Å². The van der Waals surface area contributed by atoms with E-state index >= 15 is 4.39 Å². The molecule has 0 aliphatic carbocycles. The van der Waals surface area contributed by atoms with E-state index in [-0.39, 0.29) is 35.2 Å². The number of nitrogens with zero attached hydrogens (tertiary/aromatic N) is 7. The zero-order valence-corrected chi connectivity index (χ0v) is 29.1. The van der Waals surface area contributed by atoms with Gasteiger partial charge in [0.05, 0.1) is 24.1 Å². The largest absolute Gasteiger partial charge is 0.461 e. The first-order valence-corrected chi connectivity index (χ1v) is 18.2. The second-order valence-corrected chi connectivity index (χ2v) is 15.3. The van der Waals surface area contributed by atoms with Crippen molar-refractivity contribution in [2.45, 2.75) is 31.0 Å². The minimum Gasteiger partial charge on any atom is -0.461 e. The maximum absolute atomic E-state index is 16.8. The number of benzene rings is 2. The number of alkyl halides is 1. The van der Waals surface area contributed by atoms with Gasteiger partial charge >= 0.3 is 6.01 Å². The average Bonchev–Trinajstić information content (AvgIpc) is 3.62. The number of anilines is 1. The summed E-state index contributed by atoms with van der Waals surface area (Å²) in [7, 11) is 0. The number of hydrogen-bond acceptors (Lipinski definition) is 9. The van der Waals surface area contributed by atoms with E-state index in [0.717, 1.165) is 57.6 Å². The molecule has 5 aliphatic heterocycles. The number of hydrogen-bond donors (Lipinski definition) is 0. The van der Waals surface area contributed by atoms with Crippen LogP contribution in [0.2, 0.25) is 5.02 Å². The van der Waals surface area contributed by atoms with Gasteiger partial charge in [0.25, 0.3) is 0 Å². The lowest BCUT2D eigenvalue weighted by atomic mass is 9.72. The van der Waals surface area contributed by atoms with Crippen LogP contribution in [0, 0.1) is 11.2 Å². The van der Waals surface area contributed by atoms with Crippen LogP contribution in [-0.2, 0) is 9.53 Å². The smallest absolute Gasteiger partial charge is 0.319 e. The molecule has 2 aromatic carbocycles. The third-order valence-corrected chi connectivity index (χ3v) is 11.7. The molecule has 2 aromatic heterocycles. The Kier molecular flexibility index (Phi) is 8.33. The highest BCUT2D eigenvalue weighted by Crippen LogP contribution is 2.45. The molecule has 1 amide bonds. The van der Waals surface area contributed by atoms with Crippen molar-refractivity contribution < 1.29 is 23.0 Å². The van der Waals surface area contributed by atoms with Gasteiger partial charge in [0, 0.05) is 92.4 Å². The van der Waals surface area contributed by atoms with Crippen molar-refractivity contribution >= 4 is 45.0 Å². The van der Waals surface area contributed by atoms with Crippen molar-refractivity contribution in [3.63, 3.8) is 0 Å². The zero-order valence-electron chi connectivity index (χ0n) is 28.4. The minimum absolute atomic E-state index is 0.0191. The normalized spacial score (nSPS) is 24.8. The van der Waals surface area contributed by atoms with E-state index in [2.05, 4.69) is 24.7 Å². The highest BCUT2D eigenvalue weighted by atomic mass is 35.5. The molecule has 51 heavy (non-hydrogen) atoms. The van der Waals surface area contributed by atoms with Crippen LogP contribution < -0.4 is 9.64 Å². The van der Waals surface area contributed by atoms with Gasteiger partial charge in [-0.15, -0.1) is 0 Å². The summed E-state index contributed by atoms with van der Waals surface area (Å²) in [6.07, 6.45) is 6.57. The van der Waals surface area contributed by atoms with E-state index in [1.807, 2.05) is 41.3 Å². The second kappa shape index (κ2) is 12.9. The fraction of sp³-hybridized carbons (Fsp3) is 0.474. The summed E-state index contributed by atoms with van der Waals surface area (Å²) in [4.78, 5) is 35.4. The number of halogens is 3. The fourth-order valence-electron chi connectivity index (χ4n) is 8.88. The monoisotopic (exact) mass is 715 g/mol. The number of ether oxygens (including phenoxy) is 2. The summed E-state index contributed by atoms with van der Waals surface area (Å²) in [6.45, 7) is 8.03. The van der Waals surface area contributed by atoms with Crippen LogP contribution in [0.1, 0.15) is 19.3 Å². The third-order valence-electron chi connectivity index (χ3n) is 11.4. The van der Waals surface area contributed by atoms with Gasteiger partial charge in [0.2, 0.25) is 5.91 Å². The first-order valence-electron chi connectivity index (χ1n) is 17.9. The molecule has 266 valence electrons. The lowest BCUT2D eigenvalue weighted by molar-refractivity contribution is -0.139. The van der Waals surface area contributed by atoms with E-state index in [9.17, 15) is 9.18 Å². The van der Waals surface area contributed by atoms with Crippen LogP contribution in [0.4, 0.5) is 14.6 Å². The lowest BCUT2D eigenvalue weighted by Gasteiger charge is -2.60. The minimum atomic E-state index is -0.896. The molecule has 0 unspecified atom stereocenters. The predicted octanol–water partition coefficient (Wildman–Crippen LogP) is 5.13. The van der Waals surface area contributed by atoms with E-state index in [1.54, 1.807) is 18.3 Å². The van der Waals surface area contributed by atoms with Crippen LogP contribution in [0.3, 0.4) is 0 Å². The summed E-state index contributed by atoms with van der Waals surface area (Å²) >= 11 is 6.62. The highest BCUT2D eigenvalue weighted by Gasteiger charge is 2.54. The number of pyridine rings is 1. The Balaban J connectivity index is 0.987. The summed E-state index contributed by atoms with van der Waals surface area (Å²) in [5.41, 5.74) is 0.362. The first kappa shape index (κ1) is 32.9. The molecule has 5 saturated heterocycles. The molecule has 0 bridgehead atoms. The summed E-state index contributed by atoms with van der Waals surface area (Å²) < 4.78 is 43.0. The van der Waals surface area contributed by atoms with Crippen molar-refractivity contribution in [2.24, 2.45) is 5.41 Å². The zero-order chi connectivity index (χ0) is 34.7. The van der Waals surface area contributed by atoms with Crippen molar-refractivity contribution in [1.82, 2.24) is 29.7 Å². The molecule has 7 heterocycles. The molecule has 1 spiro atoms. The summed E-state index contributed by atoms with van der Waals surface area (Å²) in [6, 6.07) is 11.2. The number of fused-ring (bicyclic) bond motifs is 3. The summed E-state index contributed by atoms with van der Waals surface area (Å²) in [5, 5.41) is 2.58. The maximum atomic E-state index is 16.8. The quantitative estimate of drug-likeness (QED) is 0.231. The number of aromatic nitrogens is 3. The van der Waals surface area contributed by atoms with Crippen LogP contribution in [-0.4, -0.2) is 126 Å². The van der Waals surface area contributed by atoms with Crippen molar-refractivity contribution in [2.75, 3.05) is 83.6 Å². The molecule has 2 atom stereocenters. The molecule has 0 saturated carbocycles. The predicted molar refractivity (Wildman–Crippen MR) is 191 cm³/mol. The fourth-order valence-corrected chi connectivity index (χ4v) is 9.16. The van der Waals surface area contributed by atoms with Gasteiger partial charge in [0.1, 0.15) is 29.8 Å².